The van der Waals surface area contributed by atoms with Crippen LogP contribution in [0.3, 0.4) is 0 Å². The van der Waals surface area contributed by atoms with Crippen molar-refractivity contribution in [2.75, 3.05) is 6.61 Å². The Morgan fingerprint density at radius 2 is 1.88 bits per heavy atom. The van der Waals surface area contributed by atoms with Gasteiger partial charge in [0.25, 0.3) is 5.91 Å². The Morgan fingerprint density at radius 1 is 1.25 bits per heavy atom. The molecule has 24 heavy (non-hydrogen) atoms. The number of benzene rings is 2. The van der Waals surface area contributed by atoms with E-state index in [1.807, 2.05) is 30.3 Å². The predicted octanol–water partition coefficient (Wildman–Crippen LogP) is 3.17. The van der Waals surface area contributed by atoms with Crippen LogP contribution in [0.15, 0.2) is 42.5 Å². The lowest BCUT2D eigenvalue weighted by Crippen LogP contribution is -2.36. The van der Waals surface area contributed by atoms with Crippen molar-refractivity contribution in [1.82, 2.24) is 5.32 Å². The van der Waals surface area contributed by atoms with Gasteiger partial charge in [0.05, 0.1) is 24.8 Å². The lowest BCUT2D eigenvalue weighted by molar-refractivity contribution is 0.0814. The Labute approximate surface area is 138 Å². The van der Waals surface area contributed by atoms with Gasteiger partial charge < -0.3 is 10.1 Å². The van der Waals surface area contributed by atoms with Crippen molar-refractivity contribution in [3.8, 4) is 6.07 Å². The summed E-state index contributed by atoms with van der Waals surface area (Å²) in [5, 5.41) is 11.1. The fourth-order valence-electron chi connectivity index (χ4n) is 2.12. The maximum Gasteiger partial charge on any atom is 0.257 e. The van der Waals surface area contributed by atoms with Gasteiger partial charge in [-0.1, -0.05) is 30.3 Å². The maximum absolute atomic E-state index is 13.8. The van der Waals surface area contributed by atoms with Crippen LogP contribution in [0.1, 0.15) is 28.4 Å². The number of hydrogen-bond acceptors (Lipinski definition) is 3. The molecule has 1 atom stereocenters. The molecule has 1 amide bonds. The van der Waals surface area contributed by atoms with Gasteiger partial charge in [0.15, 0.2) is 0 Å². The molecule has 0 bridgehead atoms. The van der Waals surface area contributed by atoms with Gasteiger partial charge >= 0.3 is 0 Å². The molecule has 124 valence electrons. The minimum Gasteiger partial charge on any atom is -0.375 e. The predicted molar refractivity (Wildman–Crippen MR) is 84.1 cm³/mol. The number of amides is 1. The van der Waals surface area contributed by atoms with Crippen LogP contribution in [-0.4, -0.2) is 18.6 Å². The number of rotatable bonds is 6. The quantitative estimate of drug-likeness (QED) is 0.885. The van der Waals surface area contributed by atoms with Crippen LogP contribution in [0.25, 0.3) is 0 Å². The first-order chi connectivity index (χ1) is 11.5. The van der Waals surface area contributed by atoms with Crippen molar-refractivity contribution in [2.45, 2.75) is 19.6 Å². The first-order valence-corrected chi connectivity index (χ1v) is 7.33. The average molecular weight is 330 g/mol. The summed E-state index contributed by atoms with van der Waals surface area (Å²) in [6.07, 6.45) is 0. The molecular formula is C18H16F2N2O2. The highest BCUT2D eigenvalue weighted by Crippen LogP contribution is 2.15. The van der Waals surface area contributed by atoms with E-state index >= 15 is 0 Å². The van der Waals surface area contributed by atoms with Crippen LogP contribution >= 0.6 is 0 Å². The van der Waals surface area contributed by atoms with E-state index in [4.69, 9.17) is 10.00 Å². The number of hydrogen-bond donors (Lipinski definition) is 1. The van der Waals surface area contributed by atoms with E-state index in [9.17, 15) is 13.6 Å². The highest BCUT2D eigenvalue weighted by Gasteiger charge is 2.20. The van der Waals surface area contributed by atoms with Crippen molar-refractivity contribution in [3.63, 3.8) is 0 Å². The highest BCUT2D eigenvalue weighted by molar-refractivity contribution is 5.95. The molecule has 0 aliphatic carbocycles. The summed E-state index contributed by atoms with van der Waals surface area (Å²) < 4.78 is 33.0. The molecule has 6 heteroatoms. The molecular weight excluding hydrogens is 314 g/mol. The van der Waals surface area contributed by atoms with Gasteiger partial charge in [-0.05, 0) is 24.6 Å². The molecule has 0 aliphatic rings. The largest absolute Gasteiger partial charge is 0.375 e. The molecule has 0 saturated carbocycles. The first-order valence-electron chi connectivity index (χ1n) is 7.33. The third kappa shape index (κ3) is 4.61. The second-order valence-electron chi connectivity index (χ2n) is 5.30. The van der Waals surface area contributed by atoms with Crippen LogP contribution in [0.4, 0.5) is 8.78 Å². The van der Waals surface area contributed by atoms with E-state index in [1.165, 1.54) is 0 Å². The van der Waals surface area contributed by atoms with E-state index < -0.39 is 29.1 Å². The fourth-order valence-corrected chi connectivity index (χ4v) is 2.12. The van der Waals surface area contributed by atoms with E-state index in [2.05, 4.69) is 5.32 Å². The summed E-state index contributed by atoms with van der Waals surface area (Å²) in [6, 6.07) is 12.3. The zero-order valence-electron chi connectivity index (χ0n) is 13.1. The summed E-state index contributed by atoms with van der Waals surface area (Å²) in [5.41, 5.74) is 0.102. The minimum absolute atomic E-state index is 0.180. The Morgan fingerprint density at radius 3 is 2.46 bits per heavy atom. The average Bonchev–Trinajstić information content (AvgIpc) is 2.55. The zero-order chi connectivity index (χ0) is 17.5. The number of ether oxygens (including phenoxy) is 1. The Bertz CT molecular complexity index is 734. The minimum atomic E-state index is -1.07. The normalized spacial score (nSPS) is 11.6. The van der Waals surface area contributed by atoms with E-state index in [0.717, 1.165) is 17.7 Å². The second-order valence-corrected chi connectivity index (χ2v) is 5.30. The third-order valence-corrected chi connectivity index (χ3v) is 3.26. The molecule has 0 heterocycles. The number of halogens is 2. The number of nitrogens with one attached hydrogen (secondary N) is 1. The van der Waals surface area contributed by atoms with Gasteiger partial charge in [-0.25, -0.2) is 8.78 Å². The van der Waals surface area contributed by atoms with Gasteiger partial charge in [-0.3, -0.25) is 4.79 Å². The van der Waals surface area contributed by atoms with Crippen LogP contribution < -0.4 is 5.32 Å². The monoisotopic (exact) mass is 330 g/mol. The van der Waals surface area contributed by atoms with E-state index in [1.54, 1.807) is 13.0 Å². The topological polar surface area (TPSA) is 62.1 Å². The standard InChI is InChI=1S/C18H16F2N2O2/c1-12(10-24-11-13-5-3-2-4-6-13)22-18(23)17-15(19)7-14(9-21)8-16(17)20/h2-8,12H,10-11H2,1H3,(H,22,23)/t12-/m1/s1. The highest BCUT2D eigenvalue weighted by atomic mass is 19.1. The van der Waals surface area contributed by atoms with E-state index in [-0.39, 0.29) is 12.2 Å². The molecule has 0 aromatic heterocycles. The Balaban J connectivity index is 1.91. The molecule has 1 N–H and O–H groups in total. The summed E-state index contributed by atoms with van der Waals surface area (Å²) in [4.78, 5) is 12.0. The fraction of sp³-hybridized carbons (Fsp3) is 0.222. The zero-order valence-corrected chi connectivity index (χ0v) is 13.1. The maximum atomic E-state index is 13.8. The molecule has 0 unspecified atom stereocenters. The molecule has 0 radical (unpaired) electrons. The summed E-state index contributed by atoms with van der Waals surface area (Å²) >= 11 is 0. The second kappa shape index (κ2) is 8.18. The Kier molecular flexibility index (Phi) is 5.99. The van der Waals surface area contributed by atoms with Crippen molar-refractivity contribution < 1.29 is 18.3 Å². The first kappa shape index (κ1) is 17.6. The summed E-state index contributed by atoms with van der Waals surface area (Å²) in [6.45, 7) is 2.24. The van der Waals surface area contributed by atoms with Crippen LogP contribution in [0, 0.1) is 23.0 Å². The molecule has 0 aliphatic heterocycles. The number of nitriles is 1. The van der Waals surface area contributed by atoms with Crippen LogP contribution in [0.2, 0.25) is 0 Å². The molecule has 4 nitrogen and oxygen atoms in total. The van der Waals surface area contributed by atoms with Crippen molar-refractivity contribution in [2.24, 2.45) is 0 Å². The third-order valence-electron chi connectivity index (χ3n) is 3.26. The van der Waals surface area contributed by atoms with Gasteiger partial charge in [-0.2, -0.15) is 5.26 Å². The van der Waals surface area contributed by atoms with Crippen molar-refractivity contribution in [1.29, 1.82) is 5.26 Å². The number of carbonyl (C=O) groups is 1. The van der Waals surface area contributed by atoms with Gasteiger partial charge in [0, 0.05) is 6.04 Å². The number of carbonyl (C=O) groups excluding carboxylic acids is 1. The molecule has 2 aromatic carbocycles. The molecule has 0 saturated heterocycles. The van der Waals surface area contributed by atoms with Crippen molar-refractivity contribution in [3.05, 3.63) is 70.8 Å². The van der Waals surface area contributed by atoms with Gasteiger partial charge in [0.2, 0.25) is 0 Å². The lowest BCUT2D eigenvalue weighted by Gasteiger charge is -2.15. The molecule has 2 aromatic rings. The summed E-state index contributed by atoms with van der Waals surface area (Å²) in [5.74, 6) is -3.02. The molecule has 0 fully saturated rings. The lowest BCUT2D eigenvalue weighted by atomic mass is 10.1. The Hall–Kier alpha value is -2.78. The van der Waals surface area contributed by atoms with Crippen LogP contribution in [-0.2, 0) is 11.3 Å². The van der Waals surface area contributed by atoms with Crippen LogP contribution in [0.5, 0.6) is 0 Å². The smallest absolute Gasteiger partial charge is 0.257 e. The van der Waals surface area contributed by atoms with Gasteiger partial charge in [0.1, 0.15) is 17.2 Å². The SMILES string of the molecule is C[C@H](COCc1ccccc1)NC(=O)c1c(F)cc(C#N)cc1F. The molecule has 2 rings (SSSR count). The van der Waals surface area contributed by atoms with Gasteiger partial charge in [-0.15, -0.1) is 0 Å². The summed E-state index contributed by atoms with van der Waals surface area (Å²) in [7, 11) is 0. The number of nitrogens with zero attached hydrogens (tertiary/aromatic N) is 1. The van der Waals surface area contributed by atoms with E-state index in [0.29, 0.717) is 6.61 Å². The van der Waals surface area contributed by atoms with Crippen molar-refractivity contribution >= 4 is 5.91 Å². The molecule has 0 spiro atoms.